The van der Waals surface area contributed by atoms with Crippen molar-refractivity contribution in [3.05, 3.63) is 93.9 Å². The summed E-state index contributed by atoms with van der Waals surface area (Å²) in [5, 5.41) is 15.8. The van der Waals surface area contributed by atoms with Gasteiger partial charge in [0.1, 0.15) is 11.6 Å². The number of nitrogens with zero attached hydrogens (tertiary/aromatic N) is 4. The van der Waals surface area contributed by atoms with Crippen molar-refractivity contribution in [2.45, 2.75) is 26.9 Å². The molecule has 0 aliphatic rings. The second kappa shape index (κ2) is 9.68. The van der Waals surface area contributed by atoms with Gasteiger partial charge < -0.3 is 10.6 Å². The predicted octanol–water partition coefficient (Wildman–Crippen LogP) is 5.53. The van der Waals surface area contributed by atoms with Gasteiger partial charge in [0.15, 0.2) is 10.9 Å². The fourth-order valence-electron chi connectivity index (χ4n) is 3.42. The fourth-order valence-corrected chi connectivity index (χ4v) is 3.85. The molecule has 0 aliphatic heterocycles. The van der Waals surface area contributed by atoms with E-state index in [-0.39, 0.29) is 18.2 Å². The quantitative estimate of drug-likeness (QED) is 0.351. The average molecular weight is 487 g/mol. The van der Waals surface area contributed by atoms with Crippen LogP contribution in [0.5, 0.6) is 0 Å². The van der Waals surface area contributed by atoms with E-state index in [4.69, 9.17) is 23.8 Å². The van der Waals surface area contributed by atoms with Crippen LogP contribution < -0.4 is 10.6 Å². The smallest absolute Gasteiger partial charge is 0.176 e. The predicted molar refractivity (Wildman–Crippen MR) is 130 cm³/mol. The summed E-state index contributed by atoms with van der Waals surface area (Å²) >= 11 is 11.6. The summed E-state index contributed by atoms with van der Waals surface area (Å²) in [6.45, 7) is 4.42. The van der Waals surface area contributed by atoms with Crippen LogP contribution in [0.15, 0.2) is 54.7 Å². The van der Waals surface area contributed by atoms with E-state index in [0.717, 1.165) is 16.9 Å². The highest BCUT2D eigenvalue weighted by molar-refractivity contribution is 7.80. The van der Waals surface area contributed by atoms with E-state index in [1.54, 1.807) is 45.9 Å². The number of aromatic nitrogens is 4. The highest BCUT2D eigenvalue weighted by Gasteiger charge is 2.16. The van der Waals surface area contributed by atoms with Crippen molar-refractivity contribution in [3.63, 3.8) is 0 Å². The third kappa shape index (κ3) is 5.37. The molecule has 2 aromatic carbocycles. The number of rotatable bonds is 6. The van der Waals surface area contributed by atoms with E-state index in [0.29, 0.717) is 33.8 Å². The zero-order valence-corrected chi connectivity index (χ0v) is 19.5. The van der Waals surface area contributed by atoms with Crippen molar-refractivity contribution in [1.29, 1.82) is 0 Å². The second-order valence-corrected chi connectivity index (χ2v) is 8.32. The van der Waals surface area contributed by atoms with Gasteiger partial charge in [0, 0.05) is 22.8 Å². The molecule has 0 amide bonds. The van der Waals surface area contributed by atoms with Gasteiger partial charge >= 0.3 is 0 Å². The molecular formula is C23H21ClF2N6S. The van der Waals surface area contributed by atoms with Crippen molar-refractivity contribution in [1.82, 2.24) is 19.6 Å². The molecular weight excluding hydrogens is 466 g/mol. The van der Waals surface area contributed by atoms with Crippen molar-refractivity contribution in [2.24, 2.45) is 0 Å². The lowest BCUT2D eigenvalue weighted by molar-refractivity contribution is 0.579. The Kier molecular flexibility index (Phi) is 6.71. The van der Waals surface area contributed by atoms with Gasteiger partial charge in [-0.05, 0) is 55.9 Å². The monoisotopic (exact) mass is 486 g/mol. The molecule has 0 aliphatic carbocycles. The summed E-state index contributed by atoms with van der Waals surface area (Å²) in [6.07, 6.45) is 1.81. The highest BCUT2D eigenvalue weighted by Crippen LogP contribution is 2.24. The molecule has 0 bridgehead atoms. The highest BCUT2D eigenvalue weighted by atomic mass is 35.5. The molecule has 0 unspecified atom stereocenters. The van der Waals surface area contributed by atoms with Crippen LogP contribution in [0, 0.1) is 25.5 Å². The summed E-state index contributed by atoms with van der Waals surface area (Å²) in [7, 11) is 0. The van der Waals surface area contributed by atoms with Gasteiger partial charge in [0.25, 0.3) is 0 Å². The zero-order chi connectivity index (χ0) is 23.5. The van der Waals surface area contributed by atoms with Crippen LogP contribution in [-0.4, -0.2) is 24.7 Å². The largest absolute Gasteiger partial charge is 0.329 e. The first-order valence-electron chi connectivity index (χ1n) is 10.1. The Morgan fingerprint density at radius 3 is 2.48 bits per heavy atom. The van der Waals surface area contributed by atoms with Gasteiger partial charge in [-0.25, -0.2) is 8.78 Å². The van der Waals surface area contributed by atoms with Crippen LogP contribution in [0.1, 0.15) is 22.5 Å². The molecule has 4 rings (SSSR count). The molecule has 2 N–H and O–H groups in total. The molecule has 2 heterocycles. The number of nitrogens with one attached hydrogen (secondary N) is 2. The van der Waals surface area contributed by atoms with Crippen LogP contribution in [0.2, 0.25) is 5.02 Å². The molecule has 10 heteroatoms. The van der Waals surface area contributed by atoms with Crippen molar-refractivity contribution < 1.29 is 8.78 Å². The summed E-state index contributed by atoms with van der Waals surface area (Å²) < 4.78 is 30.7. The number of benzene rings is 2. The first-order valence-corrected chi connectivity index (χ1v) is 10.9. The molecule has 170 valence electrons. The third-order valence-electron chi connectivity index (χ3n) is 5.13. The molecule has 0 radical (unpaired) electrons. The van der Waals surface area contributed by atoms with Crippen molar-refractivity contribution >= 4 is 40.4 Å². The second-order valence-electron chi connectivity index (χ2n) is 7.51. The molecule has 4 aromatic rings. The lowest BCUT2D eigenvalue weighted by Crippen LogP contribution is -2.20. The Labute approximate surface area is 200 Å². The number of anilines is 2. The Morgan fingerprint density at radius 2 is 1.76 bits per heavy atom. The van der Waals surface area contributed by atoms with E-state index in [1.165, 1.54) is 18.2 Å². The maximum absolute atomic E-state index is 14.2. The van der Waals surface area contributed by atoms with Crippen LogP contribution >= 0.6 is 23.8 Å². The lowest BCUT2D eigenvalue weighted by Gasteiger charge is -2.11. The average Bonchev–Trinajstić information content (AvgIpc) is 3.31. The topological polar surface area (TPSA) is 59.7 Å². The molecule has 0 fully saturated rings. The van der Waals surface area contributed by atoms with Gasteiger partial charge in [0.2, 0.25) is 0 Å². The maximum atomic E-state index is 14.2. The number of thiocarbonyl (C=S) groups is 1. The Hall–Kier alpha value is -3.30. The summed E-state index contributed by atoms with van der Waals surface area (Å²) in [5.41, 5.74) is 3.54. The van der Waals surface area contributed by atoms with Crippen LogP contribution in [0.4, 0.5) is 20.3 Å². The summed E-state index contributed by atoms with van der Waals surface area (Å²) in [6, 6.07) is 12.7. The first kappa shape index (κ1) is 22.9. The minimum atomic E-state index is -0.377. The van der Waals surface area contributed by atoms with E-state index in [2.05, 4.69) is 20.8 Å². The minimum absolute atomic E-state index is 0.202. The summed E-state index contributed by atoms with van der Waals surface area (Å²) in [5.74, 6) is -0.0858. The van der Waals surface area contributed by atoms with Crippen molar-refractivity contribution in [3.8, 4) is 0 Å². The van der Waals surface area contributed by atoms with Crippen LogP contribution in [0.25, 0.3) is 0 Å². The Morgan fingerprint density at radius 1 is 1.00 bits per heavy atom. The number of hydrogen-bond donors (Lipinski definition) is 2. The molecule has 0 saturated carbocycles. The van der Waals surface area contributed by atoms with E-state index in [1.807, 2.05) is 13.8 Å². The third-order valence-corrected chi connectivity index (χ3v) is 5.69. The Balaban J connectivity index is 1.42. The Bertz CT molecular complexity index is 1280. The number of aryl methyl sites for hydroxylation is 1. The van der Waals surface area contributed by atoms with E-state index >= 15 is 0 Å². The van der Waals surface area contributed by atoms with E-state index in [9.17, 15) is 8.78 Å². The fraction of sp³-hybridized carbons (Fsp3) is 0.174. The number of halogens is 3. The molecule has 0 spiro atoms. The standard InChI is InChI=1S/C23H21ClF2N6S/c1-14-22(15(2)32(29-14)13-18-19(24)4-3-5-20(18)26)28-23(33)27-21-10-11-31(30-21)12-16-6-8-17(25)9-7-16/h3-11H,12-13H2,1-2H3,(H2,27,28,30,33). The minimum Gasteiger partial charge on any atom is -0.329 e. The maximum Gasteiger partial charge on any atom is 0.176 e. The van der Waals surface area contributed by atoms with E-state index < -0.39 is 0 Å². The summed E-state index contributed by atoms with van der Waals surface area (Å²) in [4.78, 5) is 0. The molecule has 6 nitrogen and oxygen atoms in total. The van der Waals surface area contributed by atoms with Gasteiger partial charge in [-0.1, -0.05) is 29.8 Å². The zero-order valence-electron chi connectivity index (χ0n) is 17.9. The molecule has 2 aromatic heterocycles. The molecule has 33 heavy (non-hydrogen) atoms. The van der Waals surface area contributed by atoms with Gasteiger partial charge in [-0.2, -0.15) is 10.2 Å². The molecule has 0 saturated heterocycles. The molecule has 0 atom stereocenters. The normalized spacial score (nSPS) is 10.9. The van der Waals surface area contributed by atoms with Crippen molar-refractivity contribution in [2.75, 3.05) is 10.6 Å². The SMILES string of the molecule is Cc1nn(Cc2c(F)cccc2Cl)c(C)c1NC(=S)Nc1ccn(Cc2ccc(F)cc2)n1. The van der Waals surface area contributed by atoms with Gasteiger partial charge in [-0.15, -0.1) is 0 Å². The van der Waals surface area contributed by atoms with Gasteiger partial charge in [-0.3, -0.25) is 9.36 Å². The number of hydrogen-bond acceptors (Lipinski definition) is 3. The van der Waals surface area contributed by atoms with Crippen LogP contribution in [-0.2, 0) is 13.1 Å². The van der Waals surface area contributed by atoms with Crippen LogP contribution in [0.3, 0.4) is 0 Å². The van der Waals surface area contributed by atoms with Gasteiger partial charge in [0.05, 0.1) is 30.2 Å². The first-order chi connectivity index (χ1) is 15.8. The lowest BCUT2D eigenvalue weighted by atomic mass is 10.2.